The Hall–Kier alpha value is -1.87. The van der Waals surface area contributed by atoms with Gasteiger partial charge in [0, 0.05) is 34.4 Å². The van der Waals surface area contributed by atoms with Gasteiger partial charge in [0.15, 0.2) is 0 Å². The van der Waals surface area contributed by atoms with Crippen LogP contribution in [-0.4, -0.2) is 51.8 Å². The van der Waals surface area contributed by atoms with E-state index in [0.29, 0.717) is 11.4 Å². The summed E-state index contributed by atoms with van der Waals surface area (Å²) in [7, 11) is 2.80. The Balaban J connectivity index is 2.46. The molecule has 10 heteroatoms. The third-order valence-electron chi connectivity index (χ3n) is 3.54. The molecule has 0 fully saturated rings. The number of nitrogens with zero attached hydrogens (tertiary/aromatic N) is 3. The van der Waals surface area contributed by atoms with Gasteiger partial charge in [-0.1, -0.05) is 23.2 Å². The van der Waals surface area contributed by atoms with Crippen LogP contribution in [0.4, 0.5) is 11.4 Å². The molecule has 0 aliphatic heterocycles. The number of aromatic nitrogens is 1. The van der Waals surface area contributed by atoms with Gasteiger partial charge in [0.05, 0.1) is 26.9 Å². The maximum absolute atomic E-state index is 12.5. The highest BCUT2D eigenvalue weighted by Gasteiger charge is 2.20. The number of benzene rings is 1. The molecule has 26 heavy (non-hydrogen) atoms. The highest BCUT2D eigenvalue weighted by atomic mass is 35.5. The Labute approximate surface area is 162 Å². The van der Waals surface area contributed by atoms with E-state index < -0.39 is 15.9 Å². The summed E-state index contributed by atoms with van der Waals surface area (Å²) < 4.78 is 25.8. The smallest absolute Gasteiger partial charge is 0.257 e. The van der Waals surface area contributed by atoms with Crippen LogP contribution in [0.3, 0.4) is 0 Å². The SMILES string of the molecule is CN(C)c1ccc(S(=O)(=O)N(C)C)cc1NC(=O)c1cnc(Cl)c(Cl)c1. The molecule has 7 nitrogen and oxygen atoms in total. The first-order valence-corrected chi connectivity index (χ1v) is 9.60. The second kappa shape index (κ2) is 7.79. The summed E-state index contributed by atoms with van der Waals surface area (Å²) in [5.74, 6) is -0.487. The van der Waals surface area contributed by atoms with E-state index in [1.807, 2.05) is 0 Å². The normalized spacial score (nSPS) is 11.5. The fourth-order valence-corrected chi connectivity index (χ4v) is 3.31. The molecule has 1 N–H and O–H groups in total. The van der Waals surface area contributed by atoms with Gasteiger partial charge in [0.2, 0.25) is 10.0 Å². The van der Waals surface area contributed by atoms with Gasteiger partial charge in [-0.2, -0.15) is 0 Å². The minimum Gasteiger partial charge on any atom is -0.376 e. The quantitative estimate of drug-likeness (QED) is 0.757. The van der Waals surface area contributed by atoms with Crippen molar-refractivity contribution in [2.75, 3.05) is 38.4 Å². The highest BCUT2D eigenvalue weighted by molar-refractivity contribution is 7.89. The van der Waals surface area contributed by atoms with Crippen molar-refractivity contribution in [3.05, 3.63) is 46.2 Å². The van der Waals surface area contributed by atoms with E-state index in [1.165, 1.54) is 38.5 Å². The molecule has 1 aromatic heterocycles. The van der Waals surface area contributed by atoms with Crippen molar-refractivity contribution < 1.29 is 13.2 Å². The first-order valence-electron chi connectivity index (χ1n) is 7.40. The Morgan fingerprint density at radius 2 is 1.77 bits per heavy atom. The van der Waals surface area contributed by atoms with Gasteiger partial charge < -0.3 is 10.2 Å². The van der Waals surface area contributed by atoms with E-state index in [9.17, 15) is 13.2 Å². The van der Waals surface area contributed by atoms with Gasteiger partial charge in [-0.3, -0.25) is 4.79 Å². The predicted octanol–water partition coefficient (Wildman–Crippen LogP) is 2.96. The first-order chi connectivity index (χ1) is 12.0. The Morgan fingerprint density at radius 1 is 1.12 bits per heavy atom. The molecular weight excluding hydrogens is 399 g/mol. The standard InChI is InChI=1S/C16H18Cl2N4O3S/c1-21(2)14-6-5-11(26(24,25)22(3)4)8-13(14)20-16(23)10-7-12(17)15(18)19-9-10/h5-9H,1-4H3,(H,20,23). The number of nitrogens with one attached hydrogen (secondary N) is 1. The van der Waals surface area contributed by atoms with Gasteiger partial charge in [0.25, 0.3) is 5.91 Å². The van der Waals surface area contributed by atoms with Crippen LogP contribution in [0.1, 0.15) is 10.4 Å². The number of hydrogen-bond acceptors (Lipinski definition) is 5. The molecule has 0 saturated carbocycles. The average Bonchev–Trinajstić information content (AvgIpc) is 2.56. The third kappa shape index (κ3) is 4.27. The summed E-state index contributed by atoms with van der Waals surface area (Å²) in [5.41, 5.74) is 1.18. The van der Waals surface area contributed by atoms with Crippen molar-refractivity contribution in [3.8, 4) is 0 Å². The van der Waals surface area contributed by atoms with E-state index in [4.69, 9.17) is 23.2 Å². The lowest BCUT2D eigenvalue weighted by atomic mass is 10.2. The number of pyridine rings is 1. The number of carbonyl (C=O) groups is 1. The molecule has 0 bridgehead atoms. The van der Waals surface area contributed by atoms with Gasteiger partial charge in [-0.05, 0) is 24.3 Å². The van der Waals surface area contributed by atoms with Crippen LogP contribution in [0.2, 0.25) is 10.2 Å². The van der Waals surface area contributed by atoms with Crippen LogP contribution in [-0.2, 0) is 10.0 Å². The molecule has 2 rings (SSSR count). The minimum absolute atomic E-state index is 0.0654. The Kier molecular flexibility index (Phi) is 6.13. The Morgan fingerprint density at radius 3 is 2.31 bits per heavy atom. The maximum atomic E-state index is 12.5. The molecule has 0 aliphatic rings. The molecule has 2 aromatic rings. The zero-order valence-electron chi connectivity index (χ0n) is 14.6. The van der Waals surface area contributed by atoms with Crippen LogP contribution in [0.5, 0.6) is 0 Å². The summed E-state index contributed by atoms with van der Waals surface area (Å²) in [6, 6.07) is 5.91. The lowest BCUT2D eigenvalue weighted by Crippen LogP contribution is -2.23. The Bertz CT molecular complexity index is 947. The lowest BCUT2D eigenvalue weighted by Gasteiger charge is -2.20. The summed E-state index contributed by atoms with van der Waals surface area (Å²) in [6.45, 7) is 0. The molecule has 0 unspecified atom stereocenters. The second-order valence-corrected chi connectivity index (χ2v) is 8.73. The molecule has 0 aliphatic carbocycles. The van der Waals surface area contributed by atoms with E-state index in [0.717, 1.165) is 4.31 Å². The molecule has 1 amide bonds. The lowest BCUT2D eigenvalue weighted by molar-refractivity contribution is 0.102. The second-order valence-electron chi connectivity index (χ2n) is 5.81. The molecular formula is C16H18Cl2N4O3S. The summed E-state index contributed by atoms with van der Waals surface area (Å²) >= 11 is 11.7. The monoisotopic (exact) mass is 416 g/mol. The summed E-state index contributed by atoms with van der Waals surface area (Å²) in [4.78, 5) is 18.2. The van der Waals surface area contributed by atoms with Crippen LogP contribution >= 0.6 is 23.2 Å². The third-order valence-corrected chi connectivity index (χ3v) is 6.03. The van der Waals surface area contributed by atoms with E-state index >= 15 is 0 Å². The summed E-state index contributed by atoms with van der Waals surface area (Å²) in [6.07, 6.45) is 1.29. The molecule has 0 spiro atoms. The van der Waals surface area contributed by atoms with Crippen LogP contribution in [0, 0.1) is 0 Å². The van der Waals surface area contributed by atoms with E-state index in [1.54, 1.807) is 25.1 Å². The fraction of sp³-hybridized carbons (Fsp3) is 0.250. The van der Waals surface area contributed by atoms with Crippen molar-refractivity contribution >= 4 is 50.5 Å². The van der Waals surface area contributed by atoms with Crippen molar-refractivity contribution in [1.29, 1.82) is 0 Å². The topological polar surface area (TPSA) is 82.6 Å². The highest BCUT2D eigenvalue weighted by Crippen LogP contribution is 2.29. The zero-order valence-corrected chi connectivity index (χ0v) is 16.9. The van der Waals surface area contributed by atoms with Crippen LogP contribution in [0.15, 0.2) is 35.4 Å². The molecule has 1 aromatic carbocycles. The minimum atomic E-state index is -3.64. The molecule has 140 valence electrons. The predicted molar refractivity (Wildman–Crippen MR) is 104 cm³/mol. The number of rotatable bonds is 5. The van der Waals surface area contributed by atoms with Gasteiger partial charge >= 0.3 is 0 Å². The van der Waals surface area contributed by atoms with Crippen molar-refractivity contribution in [1.82, 2.24) is 9.29 Å². The summed E-state index contributed by atoms with van der Waals surface area (Å²) in [5, 5.41) is 2.94. The van der Waals surface area contributed by atoms with Gasteiger partial charge in [0.1, 0.15) is 5.15 Å². The van der Waals surface area contributed by atoms with Crippen molar-refractivity contribution in [3.63, 3.8) is 0 Å². The number of halogens is 2. The largest absolute Gasteiger partial charge is 0.376 e. The van der Waals surface area contributed by atoms with Gasteiger partial charge in [-0.25, -0.2) is 17.7 Å². The maximum Gasteiger partial charge on any atom is 0.257 e. The molecule has 0 atom stereocenters. The molecule has 1 heterocycles. The van der Waals surface area contributed by atoms with Crippen molar-refractivity contribution in [2.24, 2.45) is 0 Å². The first kappa shape index (κ1) is 20.4. The van der Waals surface area contributed by atoms with Gasteiger partial charge in [-0.15, -0.1) is 0 Å². The van der Waals surface area contributed by atoms with Crippen LogP contribution < -0.4 is 10.2 Å². The number of amides is 1. The zero-order chi connectivity index (χ0) is 19.6. The van der Waals surface area contributed by atoms with E-state index in [-0.39, 0.29) is 20.6 Å². The number of sulfonamides is 1. The fourth-order valence-electron chi connectivity index (χ4n) is 2.12. The molecule has 0 radical (unpaired) electrons. The number of carbonyl (C=O) groups excluding carboxylic acids is 1. The number of hydrogen-bond donors (Lipinski definition) is 1. The van der Waals surface area contributed by atoms with Crippen LogP contribution in [0.25, 0.3) is 0 Å². The average molecular weight is 417 g/mol. The van der Waals surface area contributed by atoms with E-state index in [2.05, 4.69) is 10.3 Å². The number of anilines is 2. The molecule has 0 saturated heterocycles. The van der Waals surface area contributed by atoms with Crippen molar-refractivity contribution in [2.45, 2.75) is 4.90 Å².